The molecule has 0 fully saturated rings. The first-order valence-electron chi connectivity index (χ1n) is 4.82. The number of benzene rings is 1. The van der Waals surface area contributed by atoms with Crippen LogP contribution in [0.3, 0.4) is 0 Å². The van der Waals surface area contributed by atoms with E-state index in [9.17, 15) is 9.90 Å². The molecule has 0 aromatic heterocycles. The number of nitrogens with two attached hydrogens (primary N) is 1. The Balaban J connectivity index is 3.05. The van der Waals surface area contributed by atoms with Crippen LogP contribution in [0.2, 0.25) is 0 Å². The average Bonchev–Trinajstić information content (AvgIpc) is 2.30. The topological polar surface area (TPSA) is 83.6 Å². The Kier molecular flexibility index (Phi) is 3.57. The minimum absolute atomic E-state index is 0.0447. The van der Waals surface area contributed by atoms with E-state index >= 15 is 0 Å². The summed E-state index contributed by atoms with van der Waals surface area (Å²) in [5, 5.41) is 18.4. The third-order valence-corrected chi connectivity index (χ3v) is 3.49. The summed E-state index contributed by atoms with van der Waals surface area (Å²) in [6, 6.07) is 2.26. The van der Waals surface area contributed by atoms with E-state index in [1.165, 1.54) is 0 Å². The molecule has 4 nitrogen and oxygen atoms in total. The van der Waals surface area contributed by atoms with Gasteiger partial charge in [-0.1, -0.05) is 0 Å². The Morgan fingerprint density at radius 1 is 1.53 bits per heavy atom. The molecule has 0 aliphatic heterocycles. The van der Waals surface area contributed by atoms with Crippen molar-refractivity contribution in [1.82, 2.24) is 0 Å². The third-order valence-electron chi connectivity index (χ3n) is 1.85. The first-order chi connectivity index (χ1) is 7.99. The van der Waals surface area contributed by atoms with Crippen LogP contribution in [0, 0.1) is 7.14 Å². The van der Waals surface area contributed by atoms with Gasteiger partial charge in [-0.3, -0.25) is 0 Å². The molecule has 1 rings (SSSR count). The van der Waals surface area contributed by atoms with Crippen LogP contribution in [0.4, 0.5) is 0 Å². The van der Waals surface area contributed by atoms with Gasteiger partial charge in [0.05, 0.1) is 0 Å². The van der Waals surface area contributed by atoms with Crippen molar-refractivity contribution in [3.05, 3.63) is 24.8 Å². The summed E-state index contributed by atoms with van der Waals surface area (Å²) < 4.78 is 15.8. The van der Waals surface area contributed by atoms with Gasteiger partial charge in [0.1, 0.15) is 0 Å². The van der Waals surface area contributed by atoms with Crippen LogP contribution in [-0.2, 0) is 11.2 Å². The van der Waals surface area contributed by atoms with E-state index in [-0.39, 0.29) is 12.2 Å². The Morgan fingerprint density at radius 3 is 2.47 bits per heavy atom. The number of phenols is 1. The van der Waals surface area contributed by atoms with Gasteiger partial charge in [-0.05, 0) is 0 Å². The molecule has 86 valence electrons. The van der Waals surface area contributed by atoms with Crippen molar-refractivity contribution in [2.24, 2.45) is 5.73 Å². The molecule has 0 saturated carbocycles. The molecule has 0 spiro atoms. The van der Waals surface area contributed by atoms with Crippen molar-refractivity contribution in [2.75, 3.05) is 0 Å². The van der Waals surface area contributed by atoms with Crippen molar-refractivity contribution >= 4 is 5.97 Å². The summed E-state index contributed by atoms with van der Waals surface area (Å²) >= 11 is -2.10. The fourth-order valence-electron chi connectivity index (χ4n) is 1.08. The predicted octanol–water partition coefficient (Wildman–Crippen LogP) is -6.74. The number of carbonyl (C=O) groups is 1. The molecule has 15 heavy (non-hydrogen) atoms. The number of aliphatic carboxylic acids is 1. The van der Waals surface area contributed by atoms with Crippen LogP contribution in [0.15, 0.2) is 12.1 Å². The zero-order valence-electron chi connectivity index (χ0n) is 9.58. The number of rotatable bonds is 5. The zero-order chi connectivity index (χ0) is 13.0. The van der Waals surface area contributed by atoms with Crippen LogP contribution >= 0.6 is 0 Å². The zero-order valence-corrected chi connectivity index (χ0v) is 11.9. The van der Waals surface area contributed by atoms with Crippen LogP contribution in [0.5, 0.6) is 5.75 Å². The molecule has 6 heteroatoms. The van der Waals surface area contributed by atoms with Gasteiger partial charge in [0.2, 0.25) is 0 Å². The first kappa shape index (κ1) is 10.1. The first-order valence-corrected chi connectivity index (χ1v) is 6.23. The number of carboxylic acid groups (broad SMARTS) is 1. The summed E-state index contributed by atoms with van der Waals surface area (Å²) in [4.78, 5) is 10.6. The van der Waals surface area contributed by atoms with Crippen molar-refractivity contribution < 1.29 is 59.8 Å². The molecule has 0 aliphatic carbocycles. The number of hydrogen-bond acceptors (Lipinski definition) is 3. The van der Waals surface area contributed by atoms with E-state index in [1.54, 1.807) is 12.1 Å². The molecule has 4 N–H and O–H groups in total. The van der Waals surface area contributed by atoms with Gasteiger partial charge in [-0.15, -0.1) is 0 Å². The summed E-state index contributed by atoms with van der Waals surface area (Å²) in [7, 11) is 0. The number of phenolic OH excluding ortho intramolecular Hbond substituents is 1. The van der Waals surface area contributed by atoms with Gasteiger partial charge in [-0.25, -0.2) is 0 Å². The fourth-order valence-corrected chi connectivity index (χ4v) is 2.97. The standard InChI is InChI=1S/C9H11I2NO3/c10-5-1-4(2-6(11)8(5)13)3-7(12)9(14)15/h1-2,7,10-11,13H,3,12H2,(H,14,15)/q-2/t7-/m0/s1/i10D,11D. The van der Waals surface area contributed by atoms with Crippen molar-refractivity contribution in [1.29, 1.82) is 1.19 Å². The molecule has 0 radical (unpaired) electrons. The van der Waals surface area contributed by atoms with Gasteiger partial charge >= 0.3 is 116 Å². The second kappa shape index (κ2) is 5.30. The van der Waals surface area contributed by atoms with Crippen LogP contribution in [0.1, 0.15) is 5.56 Å². The Morgan fingerprint density at radius 2 is 2.07 bits per heavy atom. The van der Waals surface area contributed by atoms with Crippen LogP contribution in [0.25, 0.3) is 0 Å². The van der Waals surface area contributed by atoms with Crippen molar-refractivity contribution in [2.45, 2.75) is 12.5 Å². The number of carboxylic acids is 1. The minimum atomic E-state index is -1.08. The predicted molar refractivity (Wildman–Crippen MR) is 47.6 cm³/mol. The van der Waals surface area contributed by atoms with Crippen molar-refractivity contribution in [3.63, 3.8) is 0 Å². The molecule has 0 unspecified atom stereocenters. The Labute approximate surface area is 115 Å². The quantitative estimate of drug-likeness (QED) is 0.401. The maximum atomic E-state index is 10.6. The van der Waals surface area contributed by atoms with E-state index in [0.717, 1.165) is 0 Å². The van der Waals surface area contributed by atoms with E-state index in [0.29, 0.717) is 12.7 Å². The van der Waals surface area contributed by atoms with E-state index in [4.69, 9.17) is 12.0 Å². The Bertz CT molecular complexity index is 406. The molecule has 0 saturated heterocycles. The Hall–Kier alpha value is -0.0900. The molecule has 1 aromatic rings. The SMILES string of the molecule is [2H][I-]c1cc(C[C@H](N)C(=O)O)cc([I-][2H])c1O. The number of halogens is 2. The maximum absolute atomic E-state index is 10.6. The van der Waals surface area contributed by atoms with Gasteiger partial charge < -0.3 is 0 Å². The molecule has 0 aliphatic rings. The second-order valence-electron chi connectivity index (χ2n) is 3.06. The molecule has 1 aromatic carbocycles. The average molecular weight is 437 g/mol. The van der Waals surface area contributed by atoms with E-state index in [1.807, 2.05) is 0 Å². The molecule has 0 bridgehead atoms. The second-order valence-corrected chi connectivity index (χ2v) is 5.38. The summed E-state index contributed by atoms with van der Waals surface area (Å²) in [6.45, 7) is 0. The van der Waals surface area contributed by atoms with Crippen molar-refractivity contribution in [3.8, 4) is 5.75 Å². The van der Waals surface area contributed by atoms with Crippen LogP contribution in [-0.4, -0.2) is 23.4 Å². The van der Waals surface area contributed by atoms with Gasteiger partial charge in [0, 0.05) is 0 Å². The molecule has 1 atom stereocenters. The van der Waals surface area contributed by atoms with E-state index in [2.05, 4.69) is 0 Å². The molecule has 0 amide bonds. The summed E-state index contributed by atoms with van der Waals surface area (Å²) in [5.41, 5.74) is 6.11. The monoisotopic (exact) mass is 437 g/mol. The van der Waals surface area contributed by atoms with Gasteiger partial charge in [-0.2, -0.15) is 0 Å². The molecule has 0 heterocycles. The molecular weight excluding hydrogens is 424 g/mol. The summed E-state index contributed by atoms with van der Waals surface area (Å²) in [6.07, 6.45) is 0.156. The normalized spacial score (nSPS) is 14.7. The fraction of sp³-hybridized carbons (Fsp3) is 0.222. The molecular formula is C9H11I2NO3-2. The van der Waals surface area contributed by atoms with Gasteiger partial charge in [0.25, 0.3) is 0 Å². The number of hydrogen-bond donors (Lipinski definition) is 3. The van der Waals surface area contributed by atoms with Crippen LogP contribution < -0.4 is 50.5 Å². The summed E-state index contributed by atoms with van der Waals surface area (Å²) in [5.74, 6) is -1.04. The number of aromatic hydroxyl groups is 1. The van der Waals surface area contributed by atoms with Gasteiger partial charge in [0.15, 0.2) is 0 Å². The van der Waals surface area contributed by atoms with E-state index < -0.39 is 56.8 Å². The third kappa shape index (κ3) is 3.45.